The maximum atomic E-state index is 12.8. The molecule has 0 saturated heterocycles. The van der Waals surface area contributed by atoms with Gasteiger partial charge in [0.15, 0.2) is 0 Å². The van der Waals surface area contributed by atoms with E-state index in [4.69, 9.17) is 9.84 Å². The number of carboxylic acids is 1. The van der Waals surface area contributed by atoms with Crippen molar-refractivity contribution in [1.82, 2.24) is 9.13 Å². The topological polar surface area (TPSA) is 73.5 Å². The molecule has 1 atom stereocenters. The number of imidazole rings is 1. The van der Waals surface area contributed by atoms with Gasteiger partial charge in [-0.1, -0.05) is 54.5 Å². The van der Waals surface area contributed by atoms with Crippen molar-refractivity contribution in [3.05, 3.63) is 100.0 Å². The first-order valence-electron chi connectivity index (χ1n) is 11.0. The molecule has 0 amide bonds. The average molecular weight is 455 g/mol. The molecule has 34 heavy (non-hydrogen) atoms. The Morgan fingerprint density at radius 3 is 2.41 bits per heavy atom. The van der Waals surface area contributed by atoms with Gasteiger partial charge in [0.25, 0.3) is 0 Å². The summed E-state index contributed by atoms with van der Waals surface area (Å²) in [6.45, 7) is 2.57. The van der Waals surface area contributed by atoms with Crippen molar-refractivity contribution in [2.45, 2.75) is 32.4 Å². The Balaban J connectivity index is 1.50. The number of fused-ring (bicyclic) bond motifs is 1. The molecular weight excluding hydrogens is 428 g/mol. The van der Waals surface area contributed by atoms with Crippen molar-refractivity contribution in [3.8, 4) is 17.6 Å². The smallest absolute Gasteiger partial charge is 0.329 e. The molecule has 0 aliphatic heterocycles. The van der Waals surface area contributed by atoms with Gasteiger partial charge < -0.3 is 9.84 Å². The third kappa shape index (κ3) is 5.05. The van der Waals surface area contributed by atoms with E-state index in [1.54, 1.807) is 23.1 Å². The highest BCUT2D eigenvalue weighted by molar-refractivity contribution is 5.77. The van der Waals surface area contributed by atoms with Gasteiger partial charge in [-0.3, -0.25) is 13.9 Å². The number of aryl methyl sites for hydroxylation is 1. The lowest BCUT2D eigenvalue weighted by Gasteiger charge is -2.11. The summed E-state index contributed by atoms with van der Waals surface area (Å²) in [7, 11) is 1.78. The van der Waals surface area contributed by atoms with Gasteiger partial charge in [-0.15, -0.1) is 5.92 Å². The van der Waals surface area contributed by atoms with Gasteiger partial charge in [0, 0.05) is 7.05 Å². The number of carbonyl (C=O) groups is 1. The number of hydrogen-bond donors (Lipinski definition) is 1. The number of nitrogens with zero attached hydrogens (tertiary/aromatic N) is 2. The zero-order chi connectivity index (χ0) is 24.1. The Morgan fingerprint density at radius 1 is 1.00 bits per heavy atom. The van der Waals surface area contributed by atoms with Crippen molar-refractivity contribution in [2.75, 3.05) is 0 Å². The molecule has 172 valence electrons. The van der Waals surface area contributed by atoms with Crippen LogP contribution in [0, 0.1) is 11.8 Å². The summed E-state index contributed by atoms with van der Waals surface area (Å²) in [6, 6.07) is 23.2. The Bertz CT molecular complexity index is 1420. The molecule has 4 aromatic rings. The van der Waals surface area contributed by atoms with E-state index < -0.39 is 5.97 Å². The highest BCUT2D eigenvalue weighted by atomic mass is 16.5. The van der Waals surface area contributed by atoms with Crippen LogP contribution in [0.5, 0.6) is 5.75 Å². The van der Waals surface area contributed by atoms with Gasteiger partial charge in [-0.2, -0.15) is 0 Å². The molecule has 0 fully saturated rings. The normalized spacial score (nSPS) is 11.6. The third-order valence-electron chi connectivity index (χ3n) is 5.78. The van der Waals surface area contributed by atoms with Crippen molar-refractivity contribution in [3.63, 3.8) is 0 Å². The minimum Gasteiger partial charge on any atom is -0.489 e. The monoisotopic (exact) mass is 454 g/mol. The first kappa shape index (κ1) is 22.9. The van der Waals surface area contributed by atoms with Crippen LogP contribution >= 0.6 is 0 Å². The molecule has 0 bridgehead atoms. The Labute approximate surface area is 198 Å². The molecule has 0 unspecified atom stereocenters. The average Bonchev–Trinajstić information content (AvgIpc) is 3.07. The van der Waals surface area contributed by atoms with E-state index in [2.05, 4.69) is 11.8 Å². The highest BCUT2D eigenvalue weighted by Gasteiger charge is 2.14. The Morgan fingerprint density at radius 2 is 1.74 bits per heavy atom. The second kappa shape index (κ2) is 10.1. The van der Waals surface area contributed by atoms with Crippen LogP contribution in [0.15, 0.2) is 77.6 Å². The van der Waals surface area contributed by atoms with E-state index in [1.807, 2.05) is 72.8 Å². The minimum atomic E-state index is -0.879. The van der Waals surface area contributed by atoms with Gasteiger partial charge in [0.05, 0.1) is 29.9 Å². The SMILES string of the molecule is CC#C[C@@H](CC(=O)O)c1ccc(OCc2ccc3c(c2)n(C)c(=O)n3Cc2ccccc2)cc1. The van der Waals surface area contributed by atoms with Gasteiger partial charge >= 0.3 is 11.7 Å². The molecule has 0 radical (unpaired) electrons. The molecule has 0 aliphatic rings. The van der Waals surface area contributed by atoms with Crippen LogP contribution in [0.1, 0.15) is 36.0 Å². The second-order valence-electron chi connectivity index (χ2n) is 8.14. The lowest BCUT2D eigenvalue weighted by Crippen LogP contribution is -2.22. The summed E-state index contributed by atoms with van der Waals surface area (Å²) in [5.41, 5.74) is 4.55. The first-order valence-corrected chi connectivity index (χ1v) is 11.0. The standard InChI is InChI=1S/C28H26N2O4/c1-3-7-23(17-27(31)32)22-11-13-24(14-12-22)34-19-21-10-15-25-26(16-21)29(2)28(33)30(25)18-20-8-5-4-6-9-20/h4-6,8-16,23H,17-19H2,1-2H3,(H,31,32)/t23-/m0/s1. The third-order valence-corrected chi connectivity index (χ3v) is 5.78. The Kier molecular flexibility index (Phi) is 6.84. The van der Waals surface area contributed by atoms with Crippen LogP contribution in [-0.4, -0.2) is 20.2 Å². The van der Waals surface area contributed by atoms with Crippen molar-refractivity contribution in [1.29, 1.82) is 0 Å². The van der Waals surface area contributed by atoms with Crippen LogP contribution in [0.3, 0.4) is 0 Å². The number of carboxylic acid groups (broad SMARTS) is 1. The van der Waals surface area contributed by atoms with E-state index in [0.717, 1.165) is 27.7 Å². The number of aromatic nitrogens is 2. The van der Waals surface area contributed by atoms with E-state index in [0.29, 0.717) is 18.9 Å². The van der Waals surface area contributed by atoms with Gasteiger partial charge in [-0.05, 0) is 47.9 Å². The van der Waals surface area contributed by atoms with Crippen LogP contribution in [0.25, 0.3) is 11.0 Å². The predicted octanol–water partition coefficient (Wildman–Crippen LogP) is 4.55. The van der Waals surface area contributed by atoms with E-state index >= 15 is 0 Å². The molecule has 1 N–H and O–H groups in total. The zero-order valence-corrected chi connectivity index (χ0v) is 19.2. The molecule has 6 heteroatoms. The second-order valence-corrected chi connectivity index (χ2v) is 8.14. The van der Waals surface area contributed by atoms with Gasteiger partial charge in [0.2, 0.25) is 0 Å². The summed E-state index contributed by atoms with van der Waals surface area (Å²) >= 11 is 0. The zero-order valence-electron chi connectivity index (χ0n) is 19.2. The van der Waals surface area contributed by atoms with Gasteiger partial charge in [0.1, 0.15) is 12.4 Å². The van der Waals surface area contributed by atoms with E-state index in [1.165, 1.54) is 0 Å². The number of rotatable bonds is 8. The summed E-state index contributed by atoms with van der Waals surface area (Å²) in [5.74, 6) is 5.20. The fourth-order valence-electron chi connectivity index (χ4n) is 4.03. The molecule has 4 rings (SSSR count). The largest absolute Gasteiger partial charge is 0.489 e. The number of ether oxygens (including phenoxy) is 1. The van der Waals surface area contributed by atoms with Crippen LogP contribution < -0.4 is 10.4 Å². The summed E-state index contributed by atoms with van der Waals surface area (Å²) in [4.78, 5) is 23.9. The van der Waals surface area contributed by atoms with Crippen LogP contribution in [0.2, 0.25) is 0 Å². The highest BCUT2D eigenvalue weighted by Crippen LogP contribution is 2.23. The van der Waals surface area contributed by atoms with Crippen LogP contribution in [0.4, 0.5) is 0 Å². The molecule has 0 spiro atoms. The van der Waals surface area contributed by atoms with Crippen molar-refractivity contribution < 1.29 is 14.6 Å². The summed E-state index contributed by atoms with van der Waals surface area (Å²) in [5, 5.41) is 9.11. The van der Waals surface area contributed by atoms with Gasteiger partial charge in [-0.25, -0.2) is 4.79 Å². The van der Waals surface area contributed by atoms with Crippen molar-refractivity contribution in [2.24, 2.45) is 7.05 Å². The first-order chi connectivity index (χ1) is 16.5. The predicted molar refractivity (Wildman–Crippen MR) is 132 cm³/mol. The molecule has 0 aliphatic carbocycles. The number of aliphatic carboxylic acids is 1. The maximum Gasteiger partial charge on any atom is 0.329 e. The van der Waals surface area contributed by atoms with E-state index in [9.17, 15) is 9.59 Å². The van der Waals surface area contributed by atoms with Crippen LogP contribution in [-0.2, 0) is 25.0 Å². The van der Waals surface area contributed by atoms with Crippen molar-refractivity contribution >= 4 is 17.0 Å². The molecule has 1 heterocycles. The quantitative estimate of drug-likeness (QED) is 0.397. The number of benzene rings is 3. The fourth-order valence-corrected chi connectivity index (χ4v) is 4.03. The molecule has 3 aromatic carbocycles. The fraction of sp³-hybridized carbons (Fsp3) is 0.214. The van der Waals surface area contributed by atoms with E-state index in [-0.39, 0.29) is 18.0 Å². The minimum absolute atomic E-state index is 0.0380. The molecule has 0 saturated carbocycles. The molecule has 6 nitrogen and oxygen atoms in total. The molecular formula is C28H26N2O4. The Hall–Kier alpha value is -4.24. The molecule has 1 aromatic heterocycles. The lowest BCUT2D eigenvalue weighted by molar-refractivity contribution is -0.137. The number of hydrogen-bond acceptors (Lipinski definition) is 3. The summed E-state index contributed by atoms with van der Waals surface area (Å²) in [6.07, 6.45) is -0.0380. The summed E-state index contributed by atoms with van der Waals surface area (Å²) < 4.78 is 9.38. The lowest BCUT2D eigenvalue weighted by atomic mass is 9.96. The maximum absolute atomic E-state index is 12.8.